The maximum absolute atomic E-state index is 14.0. The number of carbonyl (C=O) groups is 3. The largest absolute Gasteiger partial charge is 0.478 e. The molecule has 0 aliphatic carbocycles. The molecule has 0 aromatic heterocycles. The number of benzene rings is 1. The molecule has 0 saturated carbocycles. The highest BCUT2D eigenvalue weighted by molar-refractivity contribution is 6.31. The number of carboxylic acid groups (broad SMARTS) is 1. The molecule has 1 aliphatic rings. The molecular formula is C14H11ClFNO6. The topological polar surface area (TPSA) is 102 Å². The summed E-state index contributed by atoms with van der Waals surface area (Å²) in [6, 6.07) is 2.15. The van der Waals surface area contributed by atoms with E-state index in [2.05, 4.69) is 5.32 Å². The number of hydrogen-bond donors (Lipinski definition) is 2. The van der Waals surface area contributed by atoms with Crippen molar-refractivity contribution in [2.75, 3.05) is 5.32 Å². The lowest BCUT2D eigenvalue weighted by Crippen LogP contribution is -2.42. The van der Waals surface area contributed by atoms with Gasteiger partial charge in [-0.25, -0.2) is 18.8 Å². The first-order valence-corrected chi connectivity index (χ1v) is 6.65. The van der Waals surface area contributed by atoms with Gasteiger partial charge in [0.2, 0.25) is 0 Å². The Morgan fingerprint density at radius 2 is 1.87 bits per heavy atom. The average molecular weight is 344 g/mol. The molecule has 9 heteroatoms. The zero-order valence-corrected chi connectivity index (χ0v) is 12.7. The van der Waals surface area contributed by atoms with Crippen molar-refractivity contribution in [2.45, 2.75) is 19.6 Å². The summed E-state index contributed by atoms with van der Waals surface area (Å²) >= 11 is 5.59. The van der Waals surface area contributed by atoms with Gasteiger partial charge in [0.05, 0.1) is 16.3 Å². The van der Waals surface area contributed by atoms with Crippen molar-refractivity contribution < 1.29 is 33.4 Å². The number of carboxylic acids is 1. The van der Waals surface area contributed by atoms with Crippen LogP contribution in [-0.4, -0.2) is 28.8 Å². The van der Waals surface area contributed by atoms with Gasteiger partial charge >= 0.3 is 17.9 Å². The Hall–Kier alpha value is -2.61. The van der Waals surface area contributed by atoms with Gasteiger partial charge in [0.1, 0.15) is 0 Å². The molecule has 1 heterocycles. The number of nitrogens with one attached hydrogen (secondary N) is 1. The van der Waals surface area contributed by atoms with E-state index in [1.807, 2.05) is 0 Å². The second-order valence-electron chi connectivity index (χ2n) is 4.97. The van der Waals surface area contributed by atoms with Crippen molar-refractivity contribution in [1.29, 1.82) is 0 Å². The van der Waals surface area contributed by atoms with E-state index in [0.717, 1.165) is 18.3 Å². The van der Waals surface area contributed by atoms with Crippen LogP contribution in [0.4, 0.5) is 10.1 Å². The van der Waals surface area contributed by atoms with E-state index in [4.69, 9.17) is 26.2 Å². The first kappa shape index (κ1) is 16.8. The van der Waals surface area contributed by atoms with Crippen LogP contribution >= 0.6 is 11.6 Å². The van der Waals surface area contributed by atoms with Crippen LogP contribution in [0.15, 0.2) is 23.9 Å². The van der Waals surface area contributed by atoms with E-state index in [0.29, 0.717) is 0 Å². The van der Waals surface area contributed by atoms with Gasteiger partial charge in [-0.05, 0) is 12.1 Å². The Bertz CT molecular complexity index is 721. The van der Waals surface area contributed by atoms with Crippen molar-refractivity contribution in [2.24, 2.45) is 0 Å². The average Bonchev–Trinajstić information content (AvgIpc) is 2.40. The Balaban J connectivity index is 2.37. The molecule has 0 radical (unpaired) electrons. The van der Waals surface area contributed by atoms with E-state index in [1.54, 1.807) is 0 Å². The number of rotatable bonds is 3. The molecule has 0 unspecified atom stereocenters. The Labute approximate surface area is 134 Å². The normalized spacial score (nSPS) is 16.4. The third-order valence-electron chi connectivity index (χ3n) is 2.80. The van der Waals surface area contributed by atoms with Gasteiger partial charge in [-0.15, -0.1) is 0 Å². The van der Waals surface area contributed by atoms with Crippen LogP contribution in [-0.2, 0) is 19.1 Å². The fourth-order valence-electron chi connectivity index (χ4n) is 1.79. The van der Waals surface area contributed by atoms with Gasteiger partial charge in [0, 0.05) is 20.0 Å². The quantitative estimate of drug-likeness (QED) is 0.493. The number of hydrogen-bond acceptors (Lipinski definition) is 6. The van der Waals surface area contributed by atoms with E-state index in [1.165, 1.54) is 13.8 Å². The maximum atomic E-state index is 14.0. The summed E-state index contributed by atoms with van der Waals surface area (Å²) in [4.78, 5) is 34.6. The standard InChI is InChI=1S/C14H11ClFNO6/c1-14(2)22-12(20)7(13(21)23-14)5-17-10-6(11(18)19)3-4-8(15)9(10)16/h3-5,17H,1-2H3,(H,18,19). The Morgan fingerprint density at radius 1 is 1.30 bits per heavy atom. The fraction of sp³-hybridized carbons (Fsp3) is 0.214. The summed E-state index contributed by atoms with van der Waals surface area (Å²) in [7, 11) is 0. The number of carbonyl (C=O) groups excluding carboxylic acids is 2. The molecule has 7 nitrogen and oxygen atoms in total. The van der Waals surface area contributed by atoms with Crippen LogP contribution in [0.2, 0.25) is 5.02 Å². The minimum Gasteiger partial charge on any atom is -0.478 e. The molecule has 0 amide bonds. The molecule has 0 spiro atoms. The summed E-state index contributed by atoms with van der Waals surface area (Å²) in [6.45, 7) is 2.73. The molecule has 2 rings (SSSR count). The molecule has 23 heavy (non-hydrogen) atoms. The third kappa shape index (κ3) is 3.42. The molecule has 0 atom stereocenters. The molecule has 2 N–H and O–H groups in total. The highest BCUT2D eigenvalue weighted by Gasteiger charge is 2.39. The lowest BCUT2D eigenvalue weighted by molar-refractivity contribution is -0.222. The van der Waals surface area contributed by atoms with E-state index >= 15 is 0 Å². The van der Waals surface area contributed by atoms with Crippen LogP contribution in [0.5, 0.6) is 0 Å². The van der Waals surface area contributed by atoms with Crippen LogP contribution in [0.3, 0.4) is 0 Å². The number of esters is 2. The van der Waals surface area contributed by atoms with Crippen LogP contribution < -0.4 is 5.32 Å². The molecule has 1 aromatic rings. The molecule has 1 aliphatic heterocycles. The zero-order chi connectivity index (χ0) is 17.4. The second-order valence-corrected chi connectivity index (χ2v) is 5.38. The van der Waals surface area contributed by atoms with Gasteiger partial charge in [-0.2, -0.15) is 0 Å². The zero-order valence-electron chi connectivity index (χ0n) is 12.0. The summed E-state index contributed by atoms with van der Waals surface area (Å²) < 4.78 is 23.7. The molecule has 1 aromatic carbocycles. The Morgan fingerprint density at radius 3 is 2.39 bits per heavy atom. The van der Waals surface area contributed by atoms with Gasteiger partial charge < -0.3 is 19.9 Å². The summed E-state index contributed by atoms with van der Waals surface area (Å²) in [6.07, 6.45) is 0.807. The smallest absolute Gasteiger partial charge is 0.350 e. The number of anilines is 1. The number of halogens is 2. The first-order chi connectivity index (χ1) is 10.6. The van der Waals surface area contributed by atoms with Gasteiger partial charge in [0.15, 0.2) is 11.4 Å². The summed E-state index contributed by atoms with van der Waals surface area (Å²) in [5.74, 6) is -5.85. The van der Waals surface area contributed by atoms with Crippen molar-refractivity contribution in [1.82, 2.24) is 0 Å². The monoisotopic (exact) mass is 343 g/mol. The fourth-order valence-corrected chi connectivity index (χ4v) is 1.95. The van der Waals surface area contributed by atoms with Crippen molar-refractivity contribution in [3.8, 4) is 0 Å². The second kappa shape index (κ2) is 5.88. The molecule has 1 fully saturated rings. The van der Waals surface area contributed by atoms with Crippen molar-refractivity contribution in [3.05, 3.63) is 40.3 Å². The van der Waals surface area contributed by atoms with E-state index in [-0.39, 0.29) is 5.02 Å². The minimum atomic E-state index is -1.42. The lowest BCUT2D eigenvalue weighted by Gasteiger charge is -2.29. The molecule has 1 saturated heterocycles. The highest BCUT2D eigenvalue weighted by atomic mass is 35.5. The van der Waals surface area contributed by atoms with Gasteiger partial charge in [-0.3, -0.25) is 0 Å². The molecular weight excluding hydrogens is 333 g/mol. The number of ether oxygens (including phenoxy) is 2. The van der Waals surface area contributed by atoms with Crippen LogP contribution in [0.1, 0.15) is 24.2 Å². The summed E-state index contributed by atoms with van der Waals surface area (Å²) in [5, 5.41) is 11.0. The van der Waals surface area contributed by atoms with E-state index in [9.17, 15) is 18.8 Å². The SMILES string of the molecule is CC1(C)OC(=O)C(=CNc2c(C(=O)O)ccc(Cl)c2F)C(=O)O1. The maximum Gasteiger partial charge on any atom is 0.350 e. The van der Waals surface area contributed by atoms with Gasteiger partial charge in [0.25, 0.3) is 5.79 Å². The predicted molar refractivity (Wildman–Crippen MR) is 76.3 cm³/mol. The predicted octanol–water partition coefficient (Wildman–Crippen LogP) is 2.31. The van der Waals surface area contributed by atoms with E-state index < -0.39 is 46.3 Å². The number of cyclic esters (lactones) is 2. The van der Waals surface area contributed by atoms with Crippen molar-refractivity contribution >= 4 is 35.2 Å². The highest BCUT2D eigenvalue weighted by Crippen LogP contribution is 2.28. The minimum absolute atomic E-state index is 0.328. The lowest BCUT2D eigenvalue weighted by atomic mass is 10.1. The summed E-state index contributed by atoms with van der Waals surface area (Å²) in [5.41, 5.74) is -1.47. The van der Waals surface area contributed by atoms with Gasteiger partial charge in [-0.1, -0.05) is 11.6 Å². The Kier molecular flexibility index (Phi) is 4.28. The van der Waals surface area contributed by atoms with Crippen molar-refractivity contribution in [3.63, 3.8) is 0 Å². The number of aromatic carboxylic acids is 1. The third-order valence-corrected chi connectivity index (χ3v) is 3.09. The molecule has 0 bridgehead atoms. The van der Waals surface area contributed by atoms with Crippen LogP contribution in [0, 0.1) is 5.82 Å². The first-order valence-electron chi connectivity index (χ1n) is 6.27. The molecule has 122 valence electrons. The van der Waals surface area contributed by atoms with Crippen LogP contribution in [0.25, 0.3) is 0 Å².